The maximum Gasteiger partial charge on any atom is 0.323 e. The molecule has 0 bridgehead atoms. The van der Waals surface area contributed by atoms with Crippen LogP contribution in [0.1, 0.15) is 26.7 Å². The van der Waals surface area contributed by atoms with Gasteiger partial charge in [0.2, 0.25) is 0 Å². The van der Waals surface area contributed by atoms with Crippen LogP contribution in [0.15, 0.2) is 29.1 Å². The topological polar surface area (TPSA) is 110 Å². The molecule has 0 unspecified atom stereocenters. The maximum atomic E-state index is 12.8. The van der Waals surface area contributed by atoms with Gasteiger partial charge in [0.25, 0.3) is 5.56 Å². The molecular formula is C17H21ClN4O3. The zero-order chi connectivity index (χ0) is 18.6. The van der Waals surface area contributed by atoms with Gasteiger partial charge in [0.1, 0.15) is 6.54 Å². The Morgan fingerprint density at radius 1 is 1.40 bits per heavy atom. The zero-order valence-corrected chi connectivity index (χ0v) is 14.9. The highest BCUT2D eigenvalue weighted by atomic mass is 35.5. The van der Waals surface area contributed by atoms with Gasteiger partial charge in [-0.3, -0.25) is 14.2 Å². The van der Waals surface area contributed by atoms with Gasteiger partial charge < -0.3 is 16.2 Å². The Bertz CT molecular complexity index is 831. The molecule has 2 aromatic rings. The molecule has 1 aromatic carbocycles. The summed E-state index contributed by atoms with van der Waals surface area (Å²) in [7, 11) is 0. The number of aliphatic carboxylic acids is 1. The number of nitrogens with two attached hydrogens (primary N) is 1. The number of hydrogen-bond acceptors (Lipinski definition) is 5. The van der Waals surface area contributed by atoms with Crippen LogP contribution in [0.3, 0.4) is 0 Å². The Hall–Kier alpha value is -2.54. The van der Waals surface area contributed by atoms with Crippen LogP contribution in [-0.2, 0) is 11.3 Å². The molecule has 0 spiro atoms. The van der Waals surface area contributed by atoms with Gasteiger partial charge in [-0.1, -0.05) is 37.6 Å². The Kier molecular flexibility index (Phi) is 6.03. The number of benzene rings is 1. The number of aromatic nitrogens is 2. The molecular weight excluding hydrogens is 344 g/mol. The average molecular weight is 365 g/mol. The van der Waals surface area contributed by atoms with Crippen LogP contribution < -0.4 is 16.6 Å². The summed E-state index contributed by atoms with van der Waals surface area (Å²) >= 11 is 6.30. The van der Waals surface area contributed by atoms with Crippen molar-refractivity contribution in [3.05, 3.63) is 39.8 Å². The second-order valence-corrected chi connectivity index (χ2v) is 6.03. The summed E-state index contributed by atoms with van der Waals surface area (Å²) in [4.78, 5) is 28.2. The van der Waals surface area contributed by atoms with Crippen molar-refractivity contribution in [2.75, 3.05) is 11.1 Å². The lowest BCUT2D eigenvalue weighted by Crippen LogP contribution is -2.32. The molecule has 0 aliphatic carbocycles. The standard InChI is InChI=1S/C17H21ClN4O3/c1-3-12(4-2)20-16-17(25)22(9-13(23)24)14(15(18)21-16)10-6-5-7-11(19)8-10/h5-8,12H,3-4,9,19H2,1-2H3,(H,20,21)(H,23,24). The molecule has 0 atom stereocenters. The third kappa shape index (κ3) is 4.30. The fourth-order valence-corrected chi connectivity index (χ4v) is 2.86. The van der Waals surface area contributed by atoms with Crippen molar-refractivity contribution in [2.45, 2.75) is 39.3 Å². The number of anilines is 2. The third-order valence-electron chi connectivity index (χ3n) is 3.90. The summed E-state index contributed by atoms with van der Waals surface area (Å²) in [5.74, 6) is -1.10. The first-order valence-electron chi connectivity index (χ1n) is 8.01. The van der Waals surface area contributed by atoms with Crippen molar-refractivity contribution in [3.63, 3.8) is 0 Å². The highest BCUT2D eigenvalue weighted by molar-refractivity contribution is 6.32. The van der Waals surface area contributed by atoms with Crippen molar-refractivity contribution >= 4 is 29.1 Å². The maximum absolute atomic E-state index is 12.8. The third-order valence-corrected chi connectivity index (χ3v) is 4.17. The van der Waals surface area contributed by atoms with Gasteiger partial charge in [-0.2, -0.15) is 0 Å². The van der Waals surface area contributed by atoms with Crippen LogP contribution in [0.4, 0.5) is 11.5 Å². The molecule has 1 aromatic heterocycles. The molecule has 0 radical (unpaired) electrons. The fourth-order valence-electron chi connectivity index (χ4n) is 2.57. The summed E-state index contributed by atoms with van der Waals surface area (Å²) in [6.07, 6.45) is 1.59. The fraction of sp³-hybridized carbons (Fsp3) is 0.353. The van der Waals surface area contributed by atoms with Gasteiger partial charge in [-0.25, -0.2) is 4.98 Å². The van der Waals surface area contributed by atoms with Crippen molar-refractivity contribution < 1.29 is 9.90 Å². The van der Waals surface area contributed by atoms with Crippen molar-refractivity contribution in [3.8, 4) is 11.3 Å². The van der Waals surface area contributed by atoms with Gasteiger partial charge in [-0.15, -0.1) is 0 Å². The molecule has 7 nitrogen and oxygen atoms in total. The smallest absolute Gasteiger partial charge is 0.323 e. The second-order valence-electron chi connectivity index (χ2n) is 5.67. The normalized spacial score (nSPS) is 10.9. The molecule has 0 amide bonds. The van der Waals surface area contributed by atoms with E-state index in [-0.39, 0.29) is 22.7 Å². The van der Waals surface area contributed by atoms with Crippen molar-refractivity contribution in [1.82, 2.24) is 9.55 Å². The number of hydrogen-bond donors (Lipinski definition) is 3. The molecule has 25 heavy (non-hydrogen) atoms. The summed E-state index contributed by atoms with van der Waals surface area (Å²) in [6.45, 7) is 3.45. The molecule has 0 aliphatic heterocycles. The minimum absolute atomic E-state index is 0.0416. The van der Waals surface area contributed by atoms with E-state index in [9.17, 15) is 14.7 Å². The highest BCUT2D eigenvalue weighted by Crippen LogP contribution is 2.27. The summed E-state index contributed by atoms with van der Waals surface area (Å²) in [6, 6.07) is 6.76. The van der Waals surface area contributed by atoms with E-state index in [1.807, 2.05) is 13.8 Å². The highest BCUT2D eigenvalue weighted by Gasteiger charge is 2.20. The average Bonchev–Trinajstić information content (AvgIpc) is 2.56. The lowest BCUT2D eigenvalue weighted by atomic mass is 10.1. The zero-order valence-electron chi connectivity index (χ0n) is 14.1. The first-order chi connectivity index (χ1) is 11.9. The predicted molar refractivity (Wildman–Crippen MR) is 99.0 cm³/mol. The molecule has 2 rings (SSSR count). The SMILES string of the molecule is CCC(CC)Nc1nc(Cl)c(-c2cccc(N)c2)n(CC(=O)O)c1=O. The van der Waals surface area contributed by atoms with Crippen LogP contribution in [0.25, 0.3) is 11.3 Å². The quantitative estimate of drug-likeness (QED) is 0.651. The van der Waals surface area contributed by atoms with Crippen LogP contribution in [0, 0.1) is 0 Å². The minimum atomic E-state index is -1.15. The molecule has 4 N–H and O–H groups in total. The number of rotatable bonds is 7. The second kappa shape index (κ2) is 8.02. The van der Waals surface area contributed by atoms with E-state index < -0.39 is 18.1 Å². The molecule has 0 saturated heterocycles. The molecule has 134 valence electrons. The summed E-state index contributed by atoms with van der Waals surface area (Å²) in [5, 5.41) is 12.3. The first-order valence-corrected chi connectivity index (χ1v) is 8.39. The van der Waals surface area contributed by atoms with Crippen LogP contribution in [-0.4, -0.2) is 26.7 Å². The van der Waals surface area contributed by atoms with E-state index in [1.54, 1.807) is 24.3 Å². The number of carboxylic acid groups (broad SMARTS) is 1. The van der Waals surface area contributed by atoms with Gasteiger partial charge >= 0.3 is 5.97 Å². The van der Waals surface area contributed by atoms with E-state index >= 15 is 0 Å². The van der Waals surface area contributed by atoms with Crippen LogP contribution in [0.5, 0.6) is 0 Å². The van der Waals surface area contributed by atoms with Gasteiger partial charge in [-0.05, 0) is 25.0 Å². The van der Waals surface area contributed by atoms with Gasteiger partial charge in [0.05, 0.1) is 5.69 Å². The first kappa shape index (κ1) is 18.8. The van der Waals surface area contributed by atoms with E-state index in [0.717, 1.165) is 17.4 Å². The molecule has 1 heterocycles. The summed E-state index contributed by atoms with van der Waals surface area (Å²) < 4.78 is 1.11. The van der Waals surface area contributed by atoms with Crippen LogP contribution >= 0.6 is 11.6 Å². The number of carbonyl (C=O) groups is 1. The molecule has 0 fully saturated rings. The Balaban J connectivity index is 2.65. The van der Waals surface area contributed by atoms with Gasteiger partial charge in [0.15, 0.2) is 11.0 Å². The monoisotopic (exact) mass is 364 g/mol. The van der Waals surface area contributed by atoms with E-state index in [0.29, 0.717) is 11.3 Å². The number of halogens is 1. The minimum Gasteiger partial charge on any atom is -0.480 e. The number of nitrogens with one attached hydrogen (secondary N) is 1. The Morgan fingerprint density at radius 3 is 2.64 bits per heavy atom. The number of nitrogen functional groups attached to an aromatic ring is 1. The molecule has 0 saturated carbocycles. The largest absolute Gasteiger partial charge is 0.480 e. The molecule has 8 heteroatoms. The van der Waals surface area contributed by atoms with E-state index in [2.05, 4.69) is 10.3 Å². The van der Waals surface area contributed by atoms with E-state index in [1.165, 1.54) is 0 Å². The van der Waals surface area contributed by atoms with E-state index in [4.69, 9.17) is 17.3 Å². The van der Waals surface area contributed by atoms with Crippen molar-refractivity contribution in [2.24, 2.45) is 0 Å². The Labute approximate surface area is 150 Å². The lowest BCUT2D eigenvalue weighted by Gasteiger charge is -2.19. The number of nitrogens with zero attached hydrogens (tertiary/aromatic N) is 2. The lowest BCUT2D eigenvalue weighted by molar-refractivity contribution is -0.137. The van der Waals surface area contributed by atoms with Crippen molar-refractivity contribution in [1.29, 1.82) is 0 Å². The van der Waals surface area contributed by atoms with Gasteiger partial charge in [0, 0.05) is 17.3 Å². The summed E-state index contributed by atoms with van der Waals surface area (Å²) in [5.41, 5.74) is 6.50. The van der Waals surface area contributed by atoms with Crippen LogP contribution in [0.2, 0.25) is 5.15 Å². The molecule has 0 aliphatic rings. The number of carboxylic acids is 1. The Morgan fingerprint density at radius 2 is 2.08 bits per heavy atom. The predicted octanol–water partition coefficient (Wildman–Crippen LogP) is 2.83.